The summed E-state index contributed by atoms with van der Waals surface area (Å²) in [5.74, 6) is 1.71. The van der Waals surface area contributed by atoms with E-state index in [1.165, 1.54) is 12.8 Å². The van der Waals surface area contributed by atoms with E-state index in [0.29, 0.717) is 17.4 Å². The second-order valence-corrected chi connectivity index (χ2v) is 5.92. The van der Waals surface area contributed by atoms with Gasteiger partial charge in [0, 0.05) is 12.3 Å². The van der Waals surface area contributed by atoms with Gasteiger partial charge in [0.1, 0.15) is 16.9 Å². The summed E-state index contributed by atoms with van der Waals surface area (Å²) in [6, 6.07) is 0. The van der Waals surface area contributed by atoms with Crippen molar-refractivity contribution in [3.8, 4) is 0 Å². The number of hydrogen-bond donors (Lipinski definition) is 2. The van der Waals surface area contributed by atoms with Crippen LogP contribution in [0.15, 0.2) is 4.79 Å². The Balaban J connectivity index is 2.09. The van der Waals surface area contributed by atoms with Gasteiger partial charge < -0.3 is 4.98 Å². The van der Waals surface area contributed by atoms with Gasteiger partial charge in [0.25, 0.3) is 5.56 Å². The van der Waals surface area contributed by atoms with Gasteiger partial charge in [-0.25, -0.2) is 4.98 Å². The fourth-order valence-corrected chi connectivity index (χ4v) is 2.95. The number of hydrogen-bond acceptors (Lipinski definition) is 3. The van der Waals surface area contributed by atoms with Crippen LogP contribution in [0, 0.1) is 5.92 Å². The Morgan fingerprint density at radius 1 is 1.32 bits per heavy atom. The van der Waals surface area contributed by atoms with E-state index in [2.05, 4.69) is 34.0 Å². The molecule has 0 saturated heterocycles. The zero-order chi connectivity index (χ0) is 13.4. The van der Waals surface area contributed by atoms with E-state index < -0.39 is 0 Å². The predicted octanol–water partition coefficient (Wildman–Crippen LogP) is 2.50. The zero-order valence-electron chi connectivity index (χ0n) is 11.5. The molecular weight excluding hydrogens is 240 g/mol. The first kappa shape index (κ1) is 12.4. The summed E-state index contributed by atoms with van der Waals surface area (Å²) in [5.41, 5.74) is 2.20. The van der Waals surface area contributed by atoms with Crippen LogP contribution in [0.3, 0.4) is 0 Å². The van der Waals surface area contributed by atoms with Crippen LogP contribution >= 0.6 is 0 Å². The molecule has 1 aliphatic rings. The molecule has 0 amide bonds. The van der Waals surface area contributed by atoms with E-state index in [9.17, 15) is 4.79 Å². The van der Waals surface area contributed by atoms with Crippen molar-refractivity contribution in [2.75, 3.05) is 0 Å². The average molecular weight is 260 g/mol. The molecule has 0 bridgehead atoms. The average Bonchev–Trinajstić information content (AvgIpc) is 2.94. The Labute approximate surface area is 111 Å². The molecule has 2 heterocycles. The van der Waals surface area contributed by atoms with Crippen molar-refractivity contribution in [2.24, 2.45) is 5.92 Å². The number of aromatic nitrogens is 4. The SMILES string of the molecule is CC(C)Cc1nc2c(C3CCCC3)n[nH]c2c(=O)[nH]1. The number of nitrogens with zero attached hydrogens (tertiary/aromatic N) is 2. The van der Waals surface area contributed by atoms with E-state index in [4.69, 9.17) is 0 Å². The Morgan fingerprint density at radius 2 is 2.05 bits per heavy atom. The van der Waals surface area contributed by atoms with Crippen LogP contribution in [0.25, 0.3) is 11.0 Å². The molecule has 0 spiro atoms. The summed E-state index contributed by atoms with van der Waals surface area (Å²) in [5, 5.41) is 7.21. The summed E-state index contributed by atoms with van der Waals surface area (Å²) in [7, 11) is 0. The first-order chi connectivity index (χ1) is 9.15. The van der Waals surface area contributed by atoms with E-state index in [0.717, 1.165) is 36.3 Å². The molecule has 2 aromatic rings. The predicted molar refractivity (Wildman–Crippen MR) is 74.3 cm³/mol. The topological polar surface area (TPSA) is 74.4 Å². The van der Waals surface area contributed by atoms with E-state index in [1.807, 2.05) is 0 Å². The van der Waals surface area contributed by atoms with Crippen LogP contribution in [0.5, 0.6) is 0 Å². The minimum atomic E-state index is -0.0996. The Morgan fingerprint density at radius 3 is 2.74 bits per heavy atom. The highest BCUT2D eigenvalue weighted by atomic mass is 16.1. The number of aromatic amines is 2. The van der Waals surface area contributed by atoms with E-state index in [-0.39, 0.29) is 5.56 Å². The Kier molecular flexibility index (Phi) is 3.12. The van der Waals surface area contributed by atoms with Gasteiger partial charge in [-0.3, -0.25) is 9.89 Å². The van der Waals surface area contributed by atoms with E-state index >= 15 is 0 Å². The lowest BCUT2D eigenvalue weighted by molar-refractivity contribution is 0.620. The van der Waals surface area contributed by atoms with Gasteiger partial charge in [0.15, 0.2) is 0 Å². The summed E-state index contributed by atoms with van der Waals surface area (Å²) >= 11 is 0. The highest BCUT2D eigenvalue weighted by molar-refractivity contribution is 5.76. The third kappa shape index (κ3) is 2.29. The maximum atomic E-state index is 12.0. The van der Waals surface area contributed by atoms with Gasteiger partial charge in [0.05, 0.1) is 5.69 Å². The van der Waals surface area contributed by atoms with E-state index in [1.54, 1.807) is 0 Å². The Bertz CT molecular complexity index is 634. The molecule has 3 rings (SSSR count). The Hall–Kier alpha value is -1.65. The normalized spacial score (nSPS) is 16.8. The number of fused-ring (bicyclic) bond motifs is 1. The molecule has 2 aromatic heterocycles. The quantitative estimate of drug-likeness (QED) is 0.890. The minimum absolute atomic E-state index is 0.0996. The second-order valence-electron chi connectivity index (χ2n) is 5.92. The highest BCUT2D eigenvalue weighted by Gasteiger charge is 2.23. The number of nitrogens with one attached hydrogen (secondary N) is 2. The molecule has 1 aliphatic carbocycles. The third-order valence-electron chi connectivity index (χ3n) is 3.84. The molecular formula is C14H20N4O. The summed E-state index contributed by atoms with van der Waals surface area (Å²) in [4.78, 5) is 19.5. The smallest absolute Gasteiger partial charge is 0.276 e. The van der Waals surface area contributed by atoms with Gasteiger partial charge in [-0.2, -0.15) is 5.10 Å². The van der Waals surface area contributed by atoms with Gasteiger partial charge in [-0.05, 0) is 18.8 Å². The van der Waals surface area contributed by atoms with Gasteiger partial charge in [-0.15, -0.1) is 0 Å². The van der Waals surface area contributed by atoms with Crippen LogP contribution in [-0.4, -0.2) is 20.2 Å². The molecule has 5 heteroatoms. The standard InChI is InChI=1S/C14H20N4O/c1-8(2)7-10-15-12-11(9-5-3-4-6-9)17-18-13(12)14(19)16-10/h8-9H,3-7H2,1-2H3,(H,17,18)(H,15,16,19). The molecule has 0 aliphatic heterocycles. The van der Waals surface area contributed by atoms with Gasteiger partial charge in [-0.1, -0.05) is 26.7 Å². The van der Waals surface area contributed by atoms with Crippen molar-refractivity contribution in [1.82, 2.24) is 20.2 Å². The van der Waals surface area contributed by atoms with Crippen molar-refractivity contribution in [3.05, 3.63) is 21.9 Å². The summed E-state index contributed by atoms with van der Waals surface area (Å²) in [6.07, 6.45) is 5.62. The van der Waals surface area contributed by atoms with Crippen molar-refractivity contribution in [2.45, 2.75) is 51.9 Å². The monoisotopic (exact) mass is 260 g/mol. The van der Waals surface area contributed by atoms with Crippen LogP contribution in [0.4, 0.5) is 0 Å². The fourth-order valence-electron chi connectivity index (χ4n) is 2.95. The maximum Gasteiger partial charge on any atom is 0.276 e. The van der Waals surface area contributed by atoms with Crippen molar-refractivity contribution < 1.29 is 0 Å². The van der Waals surface area contributed by atoms with Gasteiger partial charge >= 0.3 is 0 Å². The highest BCUT2D eigenvalue weighted by Crippen LogP contribution is 2.35. The first-order valence-electron chi connectivity index (χ1n) is 7.12. The fraction of sp³-hybridized carbons (Fsp3) is 0.643. The molecule has 2 N–H and O–H groups in total. The zero-order valence-corrected chi connectivity index (χ0v) is 11.5. The van der Waals surface area contributed by atoms with Crippen LogP contribution in [-0.2, 0) is 6.42 Å². The van der Waals surface area contributed by atoms with Crippen LogP contribution < -0.4 is 5.56 Å². The molecule has 0 radical (unpaired) electrons. The number of H-pyrrole nitrogens is 2. The maximum absolute atomic E-state index is 12.0. The van der Waals surface area contributed by atoms with Crippen molar-refractivity contribution in [3.63, 3.8) is 0 Å². The van der Waals surface area contributed by atoms with Crippen LogP contribution in [0.1, 0.15) is 57.0 Å². The first-order valence-corrected chi connectivity index (χ1v) is 7.12. The van der Waals surface area contributed by atoms with Crippen molar-refractivity contribution in [1.29, 1.82) is 0 Å². The summed E-state index contributed by atoms with van der Waals surface area (Å²) in [6.45, 7) is 4.24. The molecule has 0 unspecified atom stereocenters. The molecule has 5 nitrogen and oxygen atoms in total. The molecule has 1 saturated carbocycles. The number of rotatable bonds is 3. The molecule has 0 atom stereocenters. The lowest BCUT2D eigenvalue weighted by Crippen LogP contribution is -2.13. The third-order valence-corrected chi connectivity index (χ3v) is 3.84. The molecule has 0 aromatic carbocycles. The summed E-state index contributed by atoms with van der Waals surface area (Å²) < 4.78 is 0. The van der Waals surface area contributed by atoms with Crippen LogP contribution in [0.2, 0.25) is 0 Å². The largest absolute Gasteiger partial charge is 0.309 e. The van der Waals surface area contributed by atoms with Crippen molar-refractivity contribution >= 4 is 11.0 Å². The molecule has 1 fully saturated rings. The molecule has 102 valence electrons. The molecule has 19 heavy (non-hydrogen) atoms. The minimum Gasteiger partial charge on any atom is -0.309 e. The lowest BCUT2D eigenvalue weighted by atomic mass is 10.0. The van der Waals surface area contributed by atoms with Gasteiger partial charge in [0.2, 0.25) is 0 Å². The second kappa shape index (κ2) is 4.79. The lowest BCUT2D eigenvalue weighted by Gasteiger charge is -2.06.